The average molecular weight is 388 g/mol. The van der Waals surface area contributed by atoms with Gasteiger partial charge in [0, 0.05) is 17.8 Å². The lowest BCUT2D eigenvalue weighted by molar-refractivity contribution is -0.115. The molecule has 0 saturated carbocycles. The van der Waals surface area contributed by atoms with Crippen molar-refractivity contribution in [1.82, 2.24) is 5.32 Å². The van der Waals surface area contributed by atoms with Gasteiger partial charge in [0.1, 0.15) is 0 Å². The molecule has 3 aromatic carbocycles. The molecule has 0 radical (unpaired) electrons. The normalized spacial score (nSPS) is 11.7. The largest absolute Gasteiger partial charge is 0.454 e. The molecule has 3 aromatic rings. The molecule has 0 bridgehead atoms. The Labute approximate surface area is 168 Å². The van der Waals surface area contributed by atoms with Crippen molar-refractivity contribution < 1.29 is 19.1 Å². The van der Waals surface area contributed by atoms with Crippen LogP contribution in [0.4, 0.5) is 5.69 Å². The van der Waals surface area contributed by atoms with Crippen LogP contribution in [0.2, 0.25) is 0 Å². The van der Waals surface area contributed by atoms with Gasteiger partial charge in [-0.25, -0.2) is 0 Å². The van der Waals surface area contributed by atoms with Gasteiger partial charge in [0.05, 0.1) is 6.42 Å². The Morgan fingerprint density at radius 3 is 2.38 bits per heavy atom. The van der Waals surface area contributed by atoms with Gasteiger partial charge < -0.3 is 20.1 Å². The van der Waals surface area contributed by atoms with E-state index >= 15 is 0 Å². The third-order valence-electron chi connectivity index (χ3n) is 4.53. The average Bonchev–Trinajstić information content (AvgIpc) is 3.21. The summed E-state index contributed by atoms with van der Waals surface area (Å²) in [7, 11) is 0. The van der Waals surface area contributed by atoms with Crippen LogP contribution in [0.25, 0.3) is 0 Å². The summed E-state index contributed by atoms with van der Waals surface area (Å²) >= 11 is 0. The van der Waals surface area contributed by atoms with Gasteiger partial charge in [0.2, 0.25) is 12.7 Å². The number of hydrogen-bond donors (Lipinski definition) is 2. The van der Waals surface area contributed by atoms with E-state index in [0.29, 0.717) is 35.7 Å². The minimum Gasteiger partial charge on any atom is -0.454 e. The first kappa shape index (κ1) is 18.6. The molecular formula is C23H20N2O4. The number of nitrogens with one attached hydrogen (secondary N) is 2. The number of rotatable bonds is 6. The van der Waals surface area contributed by atoms with Crippen LogP contribution in [-0.2, 0) is 17.8 Å². The van der Waals surface area contributed by atoms with E-state index in [1.54, 1.807) is 24.3 Å². The first-order valence-corrected chi connectivity index (χ1v) is 9.28. The third kappa shape index (κ3) is 4.73. The molecule has 6 heteroatoms. The van der Waals surface area contributed by atoms with Gasteiger partial charge in [-0.2, -0.15) is 0 Å². The summed E-state index contributed by atoms with van der Waals surface area (Å²) in [6.07, 6.45) is 0.304. The van der Waals surface area contributed by atoms with Gasteiger partial charge in [0.15, 0.2) is 11.5 Å². The van der Waals surface area contributed by atoms with Crippen LogP contribution in [-0.4, -0.2) is 18.6 Å². The highest BCUT2D eigenvalue weighted by Crippen LogP contribution is 2.32. The maximum Gasteiger partial charge on any atom is 0.251 e. The van der Waals surface area contributed by atoms with Crippen LogP contribution in [0, 0.1) is 0 Å². The first-order chi connectivity index (χ1) is 14.2. The van der Waals surface area contributed by atoms with Gasteiger partial charge in [-0.3, -0.25) is 9.59 Å². The number of anilines is 1. The number of hydrogen-bond acceptors (Lipinski definition) is 4. The maximum absolute atomic E-state index is 12.4. The van der Waals surface area contributed by atoms with Crippen molar-refractivity contribution in [2.24, 2.45) is 0 Å². The first-order valence-electron chi connectivity index (χ1n) is 9.28. The van der Waals surface area contributed by atoms with Crippen LogP contribution in [0.3, 0.4) is 0 Å². The Kier molecular flexibility index (Phi) is 5.42. The smallest absolute Gasteiger partial charge is 0.251 e. The lowest BCUT2D eigenvalue weighted by Crippen LogP contribution is -2.22. The molecule has 4 rings (SSSR count). The van der Waals surface area contributed by atoms with Crippen molar-refractivity contribution >= 4 is 17.5 Å². The molecule has 1 heterocycles. The summed E-state index contributed by atoms with van der Waals surface area (Å²) in [5.74, 6) is 1.11. The molecule has 1 aliphatic heterocycles. The molecule has 0 atom stereocenters. The van der Waals surface area contributed by atoms with Crippen LogP contribution >= 0.6 is 0 Å². The van der Waals surface area contributed by atoms with Crippen molar-refractivity contribution in [1.29, 1.82) is 0 Å². The highest BCUT2D eigenvalue weighted by Gasteiger charge is 2.14. The number of carbonyl (C=O) groups excluding carboxylic acids is 2. The predicted molar refractivity (Wildman–Crippen MR) is 109 cm³/mol. The molecular weight excluding hydrogens is 368 g/mol. The van der Waals surface area contributed by atoms with E-state index in [-0.39, 0.29) is 18.6 Å². The van der Waals surface area contributed by atoms with Crippen LogP contribution in [0.1, 0.15) is 21.5 Å². The summed E-state index contributed by atoms with van der Waals surface area (Å²) in [5.41, 5.74) is 3.04. The fourth-order valence-electron chi connectivity index (χ4n) is 3.03. The zero-order valence-electron chi connectivity index (χ0n) is 15.7. The lowest BCUT2D eigenvalue weighted by atomic mass is 10.1. The summed E-state index contributed by atoms with van der Waals surface area (Å²) in [6, 6.07) is 21.9. The van der Waals surface area contributed by atoms with E-state index in [4.69, 9.17) is 9.47 Å². The van der Waals surface area contributed by atoms with Gasteiger partial charge in [-0.15, -0.1) is 0 Å². The van der Waals surface area contributed by atoms with Crippen LogP contribution in [0.15, 0.2) is 72.8 Å². The van der Waals surface area contributed by atoms with Crippen molar-refractivity contribution in [3.63, 3.8) is 0 Å². The van der Waals surface area contributed by atoms with Gasteiger partial charge >= 0.3 is 0 Å². The molecule has 6 nitrogen and oxygen atoms in total. The summed E-state index contributed by atoms with van der Waals surface area (Å²) < 4.78 is 10.6. The van der Waals surface area contributed by atoms with E-state index in [1.807, 2.05) is 48.5 Å². The Morgan fingerprint density at radius 2 is 1.59 bits per heavy atom. The molecule has 0 aromatic heterocycles. The summed E-state index contributed by atoms with van der Waals surface area (Å²) in [4.78, 5) is 24.5. The molecule has 0 saturated heterocycles. The van der Waals surface area contributed by atoms with E-state index < -0.39 is 0 Å². The third-order valence-corrected chi connectivity index (χ3v) is 4.53. The molecule has 0 spiro atoms. The van der Waals surface area contributed by atoms with Crippen molar-refractivity contribution in [3.8, 4) is 11.5 Å². The van der Waals surface area contributed by atoms with E-state index in [2.05, 4.69) is 10.6 Å². The highest BCUT2D eigenvalue weighted by atomic mass is 16.7. The molecule has 0 aliphatic carbocycles. The maximum atomic E-state index is 12.4. The van der Waals surface area contributed by atoms with Crippen molar-refractivity contribution in [3.05, 3.63) is 89.5 Å². The number of fused-ring (bicyclic) bond motifs is 1. The van der Waals surface area contributed by atoms with Gasteiger partial charge in [0.25, 0.3) is 5.91 Å². The summed E-state index contributed by atoms with van der Waals surface area (Å²) in [5, 5.41) is 5.72. The molecule has 29 heavy (non-hydrogen) atoms. The number of benzene rings is 3. The zero-order chi connectivity index (χ0) is 20.1. The minimum absolute atomic E-state index is 0.101. The van der Waals surface area contributed by atoms with Gasteiger partial charge in [-0.1, -0.05) is 36.4 Å². The molecule has 2 amide bonds. The van der Waals surface area contributed by atoms with Crippen molar-refractivity contribution in [2.75, 3.05) is 12.1 Å². The molecule has 146 valence electrons. The number of carbonyl (C=O) groups is 2. The zero-order valence-corrected chi connectivity index (χ0v) is 15.7. The SMILES string of the molecule is O=C(Cc1ccccc1)Nc1ccc(C(=O)NCc2ccc3c(c2)OCO3)cc1. The Balaban J connectivity index is 1.30. The highest BCUT2D eigenvalue weighted by molar-refractivity contribution is 5.96. The lowest BCUT2D eigenvalue weighted by Gasteiger charge is -2.08. The molecule has 0 fully saturated rings. The number of amides is 2. The molecule has 0 unspecified atom stereocenters. The predicted octanol–water partition coefficient (Wildman–Crippen LogP) is 3.53. The second-order valence-corrected chi connectivity index (χ2v) is 6.66. The van der Waals surface area contributed by atoms with Crippen LogP contribution < -0.4 is 20.1 Å². The molecule has 1 aliphatic rings. The second-order valence-electron chi connectivity index (χ2n) is 6.66. The standard InChI is InChI=1S/C23H20N2O4/c26-22(13-16-4-2-1-3-5-16)25-19-9-7-18(8-10-19)23(27)24-14-17-6-11-20-21(12-17)29-15-28-20/h1-12H,13-15H2,(H,24,27)(H,25,26). The van der Waals surface area contributed by atoms with Crippen molar-refractivity contribution in [2.45, 2.75) is 13.0 Å². The summed E-state index contributed by atoms with van der Waals surface area (Å²) in [6.45, 7) is 0.602. The van der Waals surface area contributed by atoms with Crippen LogP contribution in [0.5, 0.6) is 11.5 Å². The molecule has 2 N–H and O–H groups in total. The van der Waals surface area contributed by atoms with E-state index in [1.165, 1.54) is 0 Å². The second kappa shape index (κ2) is 8.48. The Morgan fingerprint density at radius 1 is 0.828 bits per heavy atom. The number of ether oxygens (including phenoxy) is 2. The monoisotopic (exact) mass is 388 g/mol. The Bertz CT molecular complexity index is 1020. The topological polar surface area (TPSA) is 76.7 Å². The van der Waals surface area contributed by atoms with E-state index in [0.717, 1.165) is 11.1 Å². The minimum atomic E-state index is -0.190. The van der Waals surface area contributed by atoms with Gasteiger partial charge in [-0.05, 0) is 47.5 Å². The fourth-order valence-corrected chi connectivity index (χ4v) is 3.03. The fraction of sp³-hybridized carbons (Fsp3) is 0.130. The van der Waals surface area contributed by atoms with E-state index in [9.17, 15) is 9.59 Å². The Hall–Kier alpha value is -3.80. The quantitative estimate of drug-likeness (QED) is 0.677.